The van der Waals surface area contributed by atoms with Crippen LogP contribution < -0.4 is 15.2 Å². The van der Waals surface area contributed by atoms with E-state index in [1.807, 2.05) is 30.3 Å². The Labute approximate surface area is 207 Å². The molecule has 4 rings (SSSR count). The van der Waals surface area contributed by atoms with E-state index >= 15 is 0 Å². The van der Waals surface area contributed by atoms with Crippen LogP contribution in [0.15, 0.2) is 72.3 Å². The van der Waals surface area contributed by atoms with Crippen molar-refractivity contribution in [3.8, 4) is 5.75 Å². The highest BCUT2D eigenvalue weighted by Gasteiger charge is 2.34. The number of nitrogens with zero attached hydrogens (tertiary/aromatic N) is 1. The highest BCUT2D eigenvalue weighted by molar-refractivity contribution is 14.1. The minimum Gasteiger partial charge on any atom is -0.487 e. The number of anilines is 1. The van der Waals surface area contributed by atoms with Gasteiger partial charge >= 0.3 is 0 Å². The molecule has 3 aromatic carbocycles. The molecule has 1 aliphatic rings. The normalized spacial score (nSPS) is 14.8. The summed E-state index contributed by atoms with van der Waals surface area (Å²) in [5, 5.41) is 1.27. The highest BCUT2D eigenvalue weighted by atomic mass is 127. The summed E-state index contributed by atoms with van der Waals surface area (Å²) in [7, 11) is 0. The van der Waals surface area contributed by atoms with Gasteiger partial charge in [0.25, 0.3) is 11.8 Å². The fourth-order valence-electron chi connectivity index (χ4n) is 3.12. The van der Waals surface area contributed by atoms with Gasteiger partial charge in [0.1, 0.15) is 17.9 Å². The van der Waals surface area contributed by atoms with Crippen LogP contribution in [0.25, 0.3) is 6.08 Å². The molecule has 0 aliphatic carbocycles. The van der Waals surface area contributed by atoms with Crippen molar-refractivity contribution in [1.82, 2.24) is 5.43 Å². The first-order chi connectivity index (χ1) is 14.9. The predicted octanol–water partition coefficient (Wildman–Crippen LogP) is 5.24. The monoisotopic (exact) mass is 636 g/mol. The molecule has 0 saturated carbocycles. The third kappa shape index (κ3) is 4.93. The number of hydrazine groups is 1. The van der Waals surface area contributed by atoms with Crippen molar-refractivity contribution >= 4 is 68.8 Å². The molecule has 0 bridgehead atoms. The fourth-order valence-corrected chi connectivity index (χ4v) is 5.25. The van der Waals surface area contributed by atoms with Gasteiger partial charge in [-0.05, 0) is 93.6 Å². The average Bonchev–Trinajstić information content (AvgIpc) is 3.03. The van der Waals surface area contributed by atoms with Crippen LogP contribution in [-0.4, -0.2) is 11.8 Å². The number of amides is 2. The zero-order chi connectivity index (χ0) is 22.0. The van der Waals surface area contributed by atoms with Gasteiger partial charge in [0, 0.05) is 0 Å². The lowest BCUT2D eigenvalue weighted by molar-refractivity contribution is -0.117. The number of ether oxygens (including phenoxy) is 1. The predicted molar refractivity (Wildman–Crippen MR) is 137 cm³/mol. The van der Waals surface area contributed by atoms with E-state index in [1.54, 1.807) is 18.2 Å². The number of hydrogen-bond acceptors (Lipinski definition) is 3. The fraction of sp³-hybridized carbons (Fsp3) is 0.0833. The van der Waals surface area contributed by atoms with Crippen molar-refractivity contribution in [3.63, 3.8) is 0 Å². The van der Waals surface area contributed by atoms with Crippen LogP contribution in [0.5, 0.6) is 5.75 Å². The molecule has 1 heterocycles. The summed E-state index contributed by atoms with van der Waals surface area (Å²) in [5.74, 6) is -0.00322. The van der Waals surface area contributed by atoms with Crippen LogP contribution in [0.4, 0.5) is 5.69 Å². The molecule has 2 amide bonds. The lowest BCUT2D eigenvalue weighted by Gasteiger charge is -2.14. The Hall–Kier alpha value is -2.40. The molecule has 156 valence electrons. The maximum absolute atomic E-state index is 12.8. The quantitative estimate of drug-likeness (QED) is 0.237. The number of benzene rings is 3. The minimum atomic E-state index is -0.418. The Balaban J connectivity index is 1.55. The van der Waals surface area contributed by atoms with Crippen molar-refractivity contribution in [2.24, 2.45) is 0 Å². The van der Waals surface area contributed by atoms with E-state index in [2.05, 4.69) is 81.8 Å². The van der Waals surface area contributed by atoms with E-state index in [-0.39, 0.29) is 11.5 Å². The van der Waals surface area contributed by atoms with Gasteiger partial charge in [0.15, 0.2) is 0 Å². The summed E-state index contributed by atoms with van der Waals surface area (Å²) in [6.07, 6.45) is 1.62. The number of hydrogen-bond donors (Lipinski definition) is 1. The van der Waals surface area contributed by atoms with Gasteiger partial charge in [-0.15, -0.1) is 0 Å². The van der Waals surface area contributed by atoms with E-state index < -0.39 is 5.91 Å². The Bertz CT molecular complexity index is 1150. The van der Waals surface area contributed by atoms with Crippen LogP contribution in [0.2, 0.25) is 0 Å². The second-order valence-electron chi connectivity index (χ2n) is 7.06. The topological polar surface area (TPSA) is 58.6 Å². The zero-order valence-electron chi connectivity index (χ0n) is 16.6. The summed E-state index contributed by atoms with van der Waals surface area (Å²) in [6, 6.07) is 21.1. The van der Waals surface area contributed by atoms with E-state index in [0.29, 0.717) is 12.3 Å². The van der Waals surface area contributed by atoms with Gasteiger partial charge in [-0.3, -0.25) is 15.0 Å². The number of carbonyl (C=O) groups is 2. The summed E-state index contributed by atoms with van der Waals surface area (Å²) in [4.78, 5) is 25.2. The molecular weight excluding hydrogens is 618 g/mol. The second-order valence-corrected chi connectivity index (χ2v) is 9.39. The van der Waals surface area contributed by atoms with Crippen LogP contribution in [0, 0.1) is 14.1 Å². The molecule has 3 aromatic rings. The molecule has 1 fully saturated rings. The molecule has 0 unspecified atom stereocenters. The molecule has 31 heavy (non-hydrogen) atoms. The van der Waals surface area contributed by atoms with E-state index in [9.17, 15) is 9.59 Å². The number of para-hydroxylation sites is 1. The van der Waals surface area contributed by atoms with Crippen molar-refractivity contribution < 1.29 is 14.3 Å². The maximum atomic E-state index is 12.8. The second kappa shape index (κ2) is 9.39. The number of carbonyl (C=O) groups excluding carboxylic acids is 2. The van der Waals surface area contributed by atoms with Gasteiger partial charge in [-0.25, -0.2) is 5.01 Å². The Morgan fingerprint density at radius 3 is 2.26 bits per heavy atom. The first-order valence-corrected chi connectivity index (χ1v) is 11.7. The smallest absolute Gasteiger partial charge is 0.282 e. The van der Waals surface area contributed by atoms with Crippen molar-refractivity contribution in [3.05, 3.63) is 96.1 Å². The largest absolute Gasteiger partial charge is 0.487 e. The number of halogens is 2. The third-order valence-corrected chi connectivity index (χ3v) is 6.34. The van der Waals surface area contributed by atoms with E-state index in [1.165, 1.54) is 10.6 Å². The van der Waals surface area contributed by atoms with Gasteiger partial charge in [-0.1, -0.05) is 48.0 Å². The summed E-state index contributed by atoms with van der Waals surface area (Å²) >= 11 is 4.43. The molecule has 0 radical (unpaired) electrons. The first-order valence-electron chi connectivity index (χ1n) is 9.52. The molecule has 0 spiro atoms. The first kappa shape index (κ1) is 21.8. The zero-order valence-corrected chi connectivity index (χ0v) is 20.9. The van der Waals surface area contributed by atoms with Gasteiger partial charge in [-0.2, -0.15) is 0 Å². The number of nitrogens with one attached hydrogen (secondary N) is 1. The van der Waals surface area contributed by atoms with Crippen molar-refractivity contribution in [2.75, 3.05) is 5.01 Å². The summed E-state index contributed by atoms with van der Waals surface area (Å²) in [5.41, 5.74) is 6.41. The van der Waals surface area contributed by atoms with E-state index in [0.717, 1.165) is 24.0 Å². The number of aryl methyl sites for hydroxylation is 1. The van der Waals surface area contributed by atoms with Crippen LogP contribution in [0.3, 0.4) is 0 Å². The van der Waals surface area contributed by atoms with Gasteiger partial charge < -0.3 is 4.74 Å². The molecule has 1 N–H and O–H groups in total. The Morgan fingerprint density at radius 1 is 0.968 bits per heavy atom. The van der Waals surface area contributed by atoms with Crippen LogP contribution in [0.1, 0.15) is 16.7 Å². The highest BCUT2D eigenvalue weighted by Crippen LogP contribution is 2.31. The molecule has 7 heteroatoms. The molecule has 0 aromatic heterocycles. The van der Waals surface area contributed by atoms with Gasteiger partial charge in [0.05, 0.1) is 12.8 Å². The van der Waals surface area contributed by atoms with Crippen molar-refractivity contribution in [2.45, 2.75) is 13.5 Å². The maximum Gasteiger partial charge on any atom is 0.282 e. The standard InChI is InChI=1S/C24H18I2N2O3/c1-15-7-9-16(10-8-15)14-31-22-20(25)12-17(13-21(22)26)11-19-23(29)27-28(24(19)30)18-5-3-2-4-6-18/h2-13H,14H2,1H3,(H,27,29)/b19-11-. The van der Waals surface area contributed by atoms with Crippen LogP contribution >= 0.6 is 45.2 Å². The van der Waals surface area contributed by atoms with Crippen molar-refractivity contribution in [1.29, 1.82) is 0 Å². The Kier molecular flexibility index (Phi) is 6.61. The van der Waals surface area contributed by atoms with Crippen LogP contribution in [-0.2, 0) is 16.2 Å². The van der Waals surface area contributed by atoms with E-state index in [4.69, 9.17) is 4.74 Å². The SMILES string of the molecule is Cc1ccc(COc2c(I)cc(/C=C3/C(=O)NN(c4ccccc4)C3=O)cc2I)cc1. The molecule has 1 aliphatic heterocycles. The average molecular weight is 636 g/mol. The summed E-state index contributed by atoms with van der Waals surface area (Å²) in [6.45, 7) is 2.53. The molecular formula is C24H18I2N2O3. The molecule has 1 saturated heterocycles. The van der Waals surface area contributed by atoms with Gasteiger partial charge in [0.2, 0.25) is 0 Å². The minimum absolute atomic E-state index is 0.101. The molecule has 0 atom stereocenters. The summed E-state index contributed by atoms with van der Waals surface area (Å²) < 4.78 is 7.87. The lowest BCUT2D eigenvalue weighted by atomic mass is 10.1. The molecule has 5 nitrogen and oxygen atoms in total. The Morgan fingerprint density at radius 2 is 1.61 bits per heavy atom. The third-order valence-electron chi connectivity index (χ3n) is 4.74. The lowest BCUT2D eigenvalue weighted by Crippen LogP contribution is -2.35. The number of rotatable bonds is 5.